The van der Waals surface area contributed by atoms with Crippen molar-refractivity contribution in [1.29, 1.82) is 0 Å². The number of aliphatic carboxylic acids is 1. The van der Waals surface area contributed by atoms with E-state index in [2.05, 4.69) is 26.8 Å². The maximum absolute atomic E-state index is 10.7. The van der Waals surface area contributed by atoms with E-state index in [0.717, 1.165) is 21.1 Å². The Bertz CT molecular complexity index is 656. The van der Waals surface area contributed by atoms with Crippen LogP contribution in [0, 0.1) is 6.92 Å². The molecule has 0 fully saturated rings. The molecule has 1 aromatic carbocycles. The van der Waals surface area contributed by atoms with Crippen molar-refractivity contribution in [3.63, 3.8) is 0 Å². The second-order valence-electron chi connectivity index (χ2n) is 4.91. The first-order chi connectivity index (χ1) is 9.49. The highest BCUT2D eigenvalue weighted by atomic mass is 32.1. The number of aromatic nitrogens is 1. The van der Waals surface area contributed by atoms with Crippen LogP contribution >= 0.6 is 11.3 Å². The first kappa shape index (κ1) is 14.5. The second-order valence-corrected chi connectivity index (χ2v) is 5.94. The molecule has 0 spiro atoms. The van der Waals surface area contributed by atoms with Gasteiger partial charge in [-0.3, -0.25) is 0 Å². The van der Waals surface area contributed by atoms with Gasteiger partial charge in [-0.05, 0) is 24.5 Å². The van der Waals surface area contributed by atoms with Crippen molar-refractivity contribution in [2.75, 3.05) is 0 Å². The van der Waals surface area contributed by atoms with Gasteiger partial charge in [0.2, 0.25) is 0 Å². The monoisotopic (exact) mass is 287 g/mol. The van der Waals surface area contributed by atoms with Gasteiger partial charge < -0.3 is 5.11 Å². The maximum atomic E-state index is 10.7. The molecule has 1 N–H and O–H groups in total. The molecule has 0 bridgehead atoms. The molecule has 3 nitrogen and oxygen atoms in total. The molecule has 0 atom stereocenters. The van der Waals surface area contributed by atoms with Crippen molar-refractivity contribution < 1.29 is 9.90 Å². The largest absolute Gasteiger partial charge is 0.478 e. The molecule has 0 saturated heterocycles. The van der Waals surface area contributed by atoms with Crippen molar-refractivity contribution in [2.24, 2.45) is 0 Å². The van der Waals surface area contributed by atoms with Gasteiger partial charge in [0.15, 0.2) is 0 Å². The lowest BCUT2D eigenvalue weighted by molar-refractivity contribution is -0.131. The van der Waals surface area contributed by atoms with Crippen molar-refractivity contribution in [3.8, 4) is 10.6 Å². The Morgan fingerprint density at radius 1 is 1.35 bits per heavy atom. The van der Waals surface area contributed by atoms with Gasteiger partial charge >= 0.3 is 5.97 Å². The van der Waals surface area contributed by atoms with E-state index in [-0.39, 0.29) is 5.92 Å². The Balaban J connectivity index is 2.50. The Labute approximate surface area is 122 Å². The molecule has 0 aliphatic heterocycles. The summed E-state index contributed by atoms with van der Waals surface area (Å²) in [7, 11) is 0. The van der Waals surface area contributed by atoms with Crippen molar-refractivity contribution >= 4 is 23.4 Å². The lowest BCUT2D eigenvalue weighted by Gasteiger charge is -2.01. The molecule has 0 saturated carbocycles. The number of nitrogens with zero attached hydrogens (tertiary/aromatic N) is 1. The summed E-state index contributed by atoms with van der Waals surface area (Å²) in [4.78, 5) is 16.3. The predicted octanol–water partition coefficient (Wildman–Crippen LogP) is 4.34. The zero-order valence-corrected chi connectivity index (χ0v) is 12.6. The third kappa shape index (κ3) is 3.14. The van der Waals surface area contributed by atoms with Gasteiger partial charge in [0.25, 0.3) is 0 Å². The highest BCUT2D eigenvalue weighted by molar-refractivity contribution is 7.16. The van der Waals surface area contributed by atoms with Crippen LogP contribution in [0.25, 0.3) is 16.6 Å². The van der Waals surface area contributed by atoms with Crippen LogP contribution in [-0.2, 0) is 4.79 Å². The molecule has 1 aromatic heterocycles. The van der Waals surface area contributed by atoms with Crippen molar-refractivity contribution in [2.45, 2.75) is 26.7 Å². The summed E-state index contributed by atoms with van der Waals surface area (Å²) in [5.74, 6) is -0.678. The zero-order chi connectivity index (χ0) is 14.7. The molecule has 0 unspecified atom stereocenters. The predicted molar refractivity (Wildman–Crippen MR) is 83.0 cm³/mol. The highest BCUT2D eigenvalue weighted by Crippen LogP contribution is 2.34. The zero-order valence-electron chi connectivity index (χ0n) is 11.8. The second kappa shape index (κ2) is 6.01. The minimum absolute atomic E-state index is 0.262. The third-order valence-corrected chi connectivity index (χ3v) is 4.05. The molecular weight excluding hydrogens is 270 g/mol. The lowest BCUT2D eigenvalue weighted by atomic mass is 10.1. The number of hydrogen-bond donors (Lipinski definition) is 1. The number of carboxylic acid groups (broad SMARTS) is 1. The van der Waals surface area contributed by atoms with Gasteiger partial charge in [-0.2, -0.15) is 0 Å². The fraction of sp³-hybridized carbons (Fsp3) is 0.250. The van der Waals surface area contributed by atoms with Crippen LogP contribution in [0.2, 0.25) is 0 Å². The summed E-state index contributed by atoms with van der Waals surface area (Å²) in [6.45, 7) is 6.18. The molecule has 20 heavy (non-hydrogen) atoms. The third-order valence-electron chi connectivity index (χ3n) is 2.98. The van der Waals surface area contributed by atoms with E-state index in [9.17, 15) is 4.79 Å². The van der Waals surface area contributed by atoms with Crippen LogP contribution in [0.3, 0.4) is 0 Å². The summed E-state index contributed by atoms with van der Waals surface area (Å²) < 4.78 is 0. The van der Waals surface area contributed by atoms with Crippen molar-refractivity contribution in [1.82, 2.24) is 4.98 Å². The van der Waals surface area contributed by atoms with Crippen LogP contribution in [0.4, 0.5) is 0 Å². The van der Waals surface area contributed by atoms with E-state index in [1.54, 1.807) is 6.08 Å². The maximum Gasteiger partial charge on any atom is 0.328 e. The van der Waals surface area contributed by atoms with Crippen LogP contribution in [0.5, 0.6) is 0 Å². The van der Waals surface area contributed by atoms with Crippen LogP contribution in [-0.4, -0.2) is 16.1 Å². The molecule has 104 valence electrons. The number of benzene rings is 1. The van der Waals surface area contributed by atoms with Crippen molar-refractivity contribution in [3.05, 3.63) is 46.5 Å². The summed E-state index contributed by atoms with van der Waals surface area (Å²) in [5, 5.41) is 9.71. The average Bonchev–Trinajstić information content (AvgIpc) is 2.81. The first-order valence-electron chi connectivity index (χ1n) is 6.46. The molecule has 0 radical (unpaired) electrons. The Morgan fingerprint density at radius 2 is 2.05 bits per heavy atom. The summed E-state index contributed by atoms with van der Waals surface area (Å²) in [6, 6.07) is 8.09. The van der Waals surface area contributed by atoms with Gasteiger partial charge in [0, 0.05) is 11.6 Å². The van der Waals surface area contributed by atoms with E-state index >= 15 is 0 Å². The fourth-order valence-electron chi connectivity index (χ4n) is 1.95. The molecular formula is C16H17NO2S. The standard InChI is InChI=1S/C16H17NO2S/c1-10(2)15-13(8-9-14(18)19)20-16(17-15)12-7-5-4-6-11(12)3/h4-10H,1-3H3,(H,18,19)/b9-8+. The topological polar surface area (TPSA) is 50.2 Å². The number of carbonyl (C=O) groups is 1. The normalized spacial score (nSPS) is 11.4. The summed E-state index contributed by atoms with van der Waals surface area (Å²) >= 11 is 1.54. The number of rotatable bonds is 4. The van der Waals surface area contributed by atoms with Crippen LogP contribution < -0.4 is 0 Å². The summed E-state index contributed by atoms with van der Waals surface area (Å²) in [6.07, 6.45) is 2.80. The number of carboxylic acids is 1. The number of aryl methyl sites for hydroxylation is 1. The molecule has 4 heteroatoms. The van der Waals surface area contributed by atoms with Gasteiger partial charge in [0.1, 0.15) is 5.01 Å². The molecule has 2 rings (SSSR count). The Kier molecular flexibility index (Phi) is 4.35. The van der Waals surface area contributed by atoms with E-state index < -0.39 is 5.97 Å². The summed E-state index contributed by atoms with van der Waals surface area (Å²) in [5.41, 5.74) is 3.23. The van der Waals surface area contributed by atoms with Gasteiger partial charge in [-0.1, -0.05) is 38.1 Å². The Morgan fingerprint density at radius 3 is 2.65 bits per heavy atom. The first-order valence-corrected chi connectivity index (χ1v) is 7.28. The lowest BCUT2D eigenvalue weighted by Crippen LogP contribution is -1.91. The van der Waals surface area contributed by atoms with E-state index in [1.165, 1.54) is 23.0 Å². The van der Waals surface area contributed by atoms with Gasteiger partial charge in [0.05, 0.1) is 10.6 Å². The molecule has 2 aromatic rings. The molecule has 0 amide bonds. The highest BCUT2D eigenvalue weighted by Gasteiger charge is 2.14. The minimum atomic E-state index is -0.939. The average molecular weight is 287 g/mol. The molecule has 1 heterocycles. The fourth-order valence-corrected chi connectivity index (χ4v) is 3.17. The van der Waals surface area contributed by atoms with E-state index in [4.69, 9.17) is 10.1 Å². The molecule has 0 aliphatic carbocycles. The quantitative estimate of drug-likeness (QED) is 0.851. The van der Waals surface area contributed by atoms with E-state index in [1.807, 2.05) is 18.2 Å². The molecule has 0 aliphatic rings. The Hall–Kier alpha value is -1.94. The number of hydrogen-bond acceptors (Lipinski definition) is 3. The van der Waals surface area contributed by atoms with Crippen LogP contribution in [0.15, 0.2) is 30.3 Å². The minimum Gasteiger partial charge on any atom is -0.478 e. The van der Waals surface area contributed by atoms with Crippen LogP contribution in [0.1, 0.15) is 35.9 Å². The van der Waals surface area contributed by atoms with Gasteiger partial charge in [-0.25, -0.2) is 9.78 Å². The van der Waals surface area contributed by atoms with E-state index in [0.29, 0.717) is 0 Å². The smallest absolute Gasteiger partial charge is 0.328 e. The SMILES string of the molecule is Cc1ccccc1-c1nc(C(C)C)c(/C=C/C(=O)O)s1. The van der Waals surface area contributed by atoms with Gasteiger partial charge in [-0.15, -0.1) is 11.3 Å². The number of thiazole rings is 1.